The molecule has 17 heteroatoms. The zero-order valence-corrected chi connectivity index (χ0v) is 82.0. The van der Waals surface area contributed by atoms with Crippen molar-refractivity contribution >= 4 is 47.8 Å². The smallest absolute Gasteiger partial charge is 0.308 e. The van der Waals surface area contributed by atoms with E-state index in [2.05, 4.69) is 32.4 Å². The lowest BCUT2D eigenvalue weighted by Crippen LogP contribution is -2.39. The largest absolute Gasteiger partial charge is 0.469 e. The maximum Gasteiger partial charge on any atom is 0.308 e. The van der Waals surface area contributed by atoms with E-state index in [4.69, 9.17) is 37.9 Å². The van der Waals surface area contributed by atoms with Gasteiger partial charge in [-0.2, -0.15) is 0 Å². The van der Waals surface area contributed by atoms with Gasteiger partial charge >= 0.3 is 47.8 Å². The molecule has 16 aliphatic rings. The van der Waals surface area contributed by atoms with E-state index in [1.165, 1.54) is 176 Å². The van der Waals surface area contributed by atoms with Crippen LogP contribution in [0.25, 0.3) is 0 Å². The molecule has 16 aliphatic carbocycles. The van der Waals surface area contributed by atoms with Crippen LogP contribution >= 0.6 is 0 Å². The minimum atomic E-state index is -0.135. The summed E-state index contributed by atoms with van der Waals surface area (Å²) in [6.45, 7) is 54.9. The van der Waals surface area contributed by atoms with Crippen molar-refractivity contribution < 1.29 is 81.0 Å². The van der Waals surface area contributed by atoms with Gasteiger partial charge in [-0.05, 0) is 314 Å². The first-order valence-corrected chi connectivity index (χ1v) is 49.3. The van der Waals surface area contributed by atoms with E-state index >= 15 is 0 Å². The van der Waals surface area contributed by atoms with E-state index < -0.39 is 0 Å². The number of methoxy groups -OCH3 is 3. The molecule has 16 saturated carbocycles. The van der Waals surface area contributed by atoms with E-state index in [1.54, 1.807) is 7.11 Å². The summed E-state index contributed by atoms with van der Waals surface area (Å²) >= 11 is 0. The molecule has 0 aromatic heterocycles. The van der Waals surface area contributed by atoms with E-state index in [9.17, 15) is 38.4 Å². The number of hydrogen-bond donors (Lipinski definition) is 0. The second-order valence-electron chi connectivity index (χ2n) is 36.6. The van der Waals surface area contributed by atoms with Crippen LogP contribution in [-0.2, 0) is 81.0 Å². The molecule has 0 heterocycles. The predicted octanol–water partition coefficient (Wildman–Crippen LogP) is 25.8. The van der Waals surface area contributed by atoms with Gasteiger partial charge in [0.25, 0.3) is 0 Å². The van der Waals surface area contributed by atoms with Gasteiger partial charge in [0, 0.05) is 46.1 Å². The molecule has 16 fully saturated rings. The van der Waals surface area contributed by atoms with Gasteiger partial charge in [-0.15, -0.1) is 0 Å². The molecule has 16 rings (SSSR count). The number of esters is 8. The van der Waals surface area contributed by atoms with Crippen molar-refractivity contribution in [1.82, 2.24) is 0 Å². The molecule has 25 atom stereocenters. The summed E-state index contributed by atoms with van der Waals surface area (Å²) in [4.78, 5) is 89.1. The molecule has 0 saturated heterocycles. The maximum absolute atomic E-state index is 11.6. The van der Waals surface area contributed by atoms with Gasteiger partial charge in [-0.1, -0.05) is 166 Å². The molecule has 0 N–H and O–H groups in total. The van der Waals surface area contributed by atoms with Gasteiger partial charge in [-0.3, -0.25) is 38.4 Å². The van der Waals surface area contributed by atoms with Gasteiger partial charge in [0.2, 0.25) is 0 Å². The van der Waals surface area contributed by atoms with Crippen molar-refractivity contribution in [2.45, 2.75) is 459 Å². The average molecular weight is 1670 g/mol. The number of ether oxygens (including phenoxy) is 9. The third-order valence-corrected chi connectivity index (χ3v) is 28.9. The first-order chi connectivity index (χ1) is 56.4. The highest BCUT2D eigenvalue weighted by Crippen LogP contribution is 2.59. The Morgan fingerprint density at radius 2 is 0.695 bits per heavy atom. The summed E-state index contributed by atoms with van der Waals surface area (Å²) in [5.74, 6) is 12.8. The van der Waals surface area contributed by atoms with Crippen LogP contribution < -0.4 is 0 Å². The van der Waals surface area contributed by atoms with Crippen molar-refractivity contribution in [3.63, 3.8) is 0 Å². The minimum absolute atomic E-state index is 0.00551. The first kappa shape index (κ1) is 112. The van der Waals surface area contributed by atoms with E-state index in [0.29, 0.717) is 78.9 Å². The van der Waals surface area contributed by atoms with Gasteiger partial charge < -0.3 is 42.6 Å². The van der Waals surface area contributed by atoms with Gasteiger partial charge in [-0.25, -0.2) is 0 Å². The highest BCUT2D eigenvalue weighted by Gasteiger charge is 2.58. The Labute approximate surface area is 724 Å². The number of rotatable bonds is 15. The summed E-state index contributed by atoms with van der Waals surface area (Å²) in [6.07, 6.45) is 42.1. The Balaban J connectivity index is 0.000000658. The summed E-state index contributed by atoms with van der Waals surface area (Å²) < 4.78 is 47.8. The molecule has 16 bridgehead atoms. The third kappa shape index (κ3) is 33.3. The fraction of sp³-hybridized carbons (Fsp3) is 0.921. The van der Waals surface area contributed by atoms with Crippen LogP contribution in [0, 0.1) is 118 Å². The van der Waals surface area contributed by atoms with Gasteiger partial charge in [0.15, 0.2) is 0 Å². The van der Waals surface area contributed by atoms with Gasteiger partial charge in [0.1, 0.15) is 35.1 Å². The Hall–Kier alpha value is -4.28. The van der Waals surface area contributed by atoms with Crippen LogP contribution in [0.1, 0.15) is 419 Å². The highest BCUT2D eigenvalue weighted by atomic mass is 16.6. The lowest BCUT2D eigenvalue weighted by molar-refractivity contribution is -0.167. The fourth-order valence-corrected chi connectivity index (χ4v) is 23.4. The summed E-state index contributed by atoms with van der Waals surface area (Å²) in [5.41, 5.74) is -0.396. The third-order valence-electron chi connectivity index (χ3n) is 28.9. The van der Waals surface area contributed by atoms with Crippen molar-refractivity contribution in [3.8, 4) is 0 Å². The second kappa shape index (κ2) is 57.3. The van der Waals surface area contributed by atoms with Crippen molar-refractivity contribution in [2.75, 3.05) is 21.3 Å². The summed E-state index contributed by atoms with van der Waals surface area (Å²) in [7, 11) is 4.72. The fourth-order valence-electron chi connectivity index (χ4n) is 23.4. The quantitative estimate of drug-likeness (QED) is 0.110. The van der Waals surface area contributed by atoms with E-state index in [0.717, 1.165) is 105 Å². The lowest BCUT2D eigenvalue weighted by atomic mass is 9.76. The zero-order chi connectivity index (χ0) is 90.0. The Morgan fingerprint density at radius 3 is 1.00 bits per heavy atom. The van der Waals surface area contributed by atoms with E-state index in [1.807, 2.05) is 152 Å². The zero-order valence-electron chi connectivity index (χ0n) is 82.0. The Kier molecular flexibility index (Phi) is 54.2. The monoisotopic (exact) mass is 1670 g/mol. The number of carbonyl (C=O) groups is 8. The standard InChI is InChI=1S/C12H20O3.C12H20O2.2C11H18O2.3C10H16O2.C9H14O2.8C2H6/c1-8-9-4-5-12(7-9,15-3)10(8)6-11(13)14-2;1-8(2)11(13)14-12(3)7-9-4-5-10(12)6-9;1-7(2)11(12)13-10-6-8-3-4-9(10)5-8;1-3-10(12)13-11(2)7-8-4-5-9(11)6-8;1-7(11)12-10(2)6-8-3-4-9(10)5-8;1-12-10(11)6-9-5-7-2-3-8(9)4-7;1-2-10(11)12-9-6-7-3-4-8(9)5-7;1-6(10)11-9-5-7-2-3-8(9)4-7;8*1-2/h8-10H,4-7H2,1-3H3;8-10H,4-7H2,1-3H3;7-10H,3-6H2,1-2H3;8-9H,3-7H2,1-2H3;8-9H,3-6H2,1-2H3;2*7-9H,2-6H2,1H3;7-9H,2-5H2,1H3;8*1-2H3. The summed E-state index contributed by atoms with van der Waals surface area (Å²) in [5, 5.41) is 0. The van der Waals surface area contributed by atoms with Crippen LogP contribution in [0.3, 0.4) is 0 Å². The lowest BCUT2D eigenvalue weighted by Gasteiger charge is -2.36. The molecule has 0 spiro atoms. The molecular weight excluding hydrogens is 1490 g/mol. The number of hydrogen-bond acceptors (Lipinski definition) is 17. The van der Waals surface area contributed by atoms with Crippen LogP contribution in [0.4, 0.5) is 0 Å². The molecular formula is C101H186O17. The molecule has 17 nitrogen and oxygen atoms in total. The molecule has 0 aliphatic heterocycles. The van der Waals surface area contributed by atoms with Crippen molar-refractivity contribution in [2.24, 2.45) is 118 Å². The predicted molar refractivity (Wildman–Crippen MR) is 480 cm³/mol. The molecule has 0 amide bonds. The average Bonchev–Trinajstić information content (AvgIpc) is 1.58. The Bertz CT molecular complexity index is 2780. The number of fused-ring (bicyclic) bond motifs is 16. The molecule has 0 radical (unpaired) electrons. The normalized spacial score (nSPS) is 35.7. The second-order valence-corrected chi connectivity index (χ2v) is 36.6. The van der Waals surface area contributed by atoms with E-state index in [-0.39, 0.29) is 100 Å². The highest BCUT2D eigenvalue weighted by molar-refractivity contribution is 5.73. The molecule has 0 aromatic rings. The SMILES string of the molecule is CC.CC.CC.CC.CC.CC.CC.CC.CC(=O)OC1(C)CC2CCC1C2.CC(=O)OC1CC2CCC1C2.CC(C)C(=O)OC1(C)CC2CCC1C2.CC(C)C(=O)OC1CC2CCC1C2.CCC(=O)OC1(C)CC2CCC1C2.CCC(=O)OC1CC2CCC1C2.COC(=O)CC1C(C)C2CCC1(OC)C2.COC(=O)CC1CC2CCC1C2. The van der Waals surface area contributed by atoms with Crippen LogP contribution in [-0.4, -0.2) is 110 Å². The van der Waals surface area contributed by atoms with Crippen molar-refractivity contribution in [1.29, 1.82) is 0 Å². The maximum atomic E-state index is 11.6. The van der Waals surface area contributed by atoms with Crippen LogP contribution in [0.5, 0.6) is 0 Å². The van der Waals surface area contributed by atoms with Crippen molar-refractivity contribution in [3.05, 3.63) is 0 Å². The minimum Gasteiger partial charge on any atom is -0.469 e. The topological polar surface area (TPSA) is 220 Å². The molecule has 0 aromatic carbocycles. The summed E-state index contributed by atoms with van der Waals surface area (Å²) in [6, 6.07) is 0. The first-order valence-electron chi connectivity index (χ1n) is 49.3. The molecule has 118 heavy (non-hydrogen) atoms. The Morgan fingerprint density at radius 1 is 0.339 bits per heavy atom. The van der Waals surface area contributed by atoms with Crippen LogP contribution in [0.15, 0.2) is 0 Å². The number of carbonyl (C=O) groups excluding carboxylic acids is 8. The molecule has 692 valence electrons. The van der Waals surface area contributed by atoms with Gasteiger partial charge in [0.05, 0.1) is 38.1 Å². The molecule has 25 unspecified atom stereocenters. The van der Waals surface area contributed by atoms with Crippen LogP contribution in [0.2, 0.25) is 0 Å².